The largest absolute Gasteiger partial charge is 0.344 e. The maximum Gasteiger partial charge on any atom is 0.344 e. The van der Waals surface area contributed by atoms with Crippen LogP contribution in [0.15, 0.2) is 53.0 Å². The average molecular weight is 457 g/mol. The molecule has 3 aromatic rings. The van der Waals surface area contributed by atoms with E-state index in [4.69, 9.17) is 0 Å². The van der Waals surface area contributed by atoms with Crippen LogP contribution >= 0.6 is 23.1 Å². The van der Waals surface area contributed by atoms with Crippen LogP contribution in [0.5, 0.6) is 0 Å². The van der Waals surface area contributed by atoms with Gasteiger partial charge in [0.15, 0.2) is 11.0 Å². The zero-order chi connectivity index (χ0) is 22.0. The number of imide groups is 1. The molecule has 1 fully saturated rings. The van der Waals surface area contributed by atoms with Crippen molar-refractivity contribution in [1.29, 1.82) is 0 Å². The van der Waals surface area contributed by atoms with Gasteiger partial charge in [-0.05, 0) is 30.9 Å². The quantitative estimate of drug-likeness (QED) is 0.418. The summed E-state index contributed by atoms with van der Waals surface area (Å²) in [6.45, 7) is 4.23. The third kappa shape index (κ3) is 3.93. The molecule has 11 heteroatoms. The number of nitrogens with one attached hydrogen (secondary N) is 2. The number of aromatic nitrogens is 3. The first-order valence-corrected chi connectivity index (χ1v) is 11.4. The highest BCUT2D eigenvalue weighted by Gasteiger charge is 2.49. The lowest BCUT2D eigenvalue weighted by molar-refractivity contribution is -0.138. The van der Waals surface area contributed by atoms with E-state index in [9.17, 15) is 14.4 Å². The van der Waals surface area contributed by atoms with Gasteiger partial charge in [-0.1, -0.05) is 48.2 Å². The van der Waals surface area contributed by atoms with Gasteiger partial charge in [-0.3, -0.25) is 15.0 Å². The molecule has 9 nitrogen and oxygen atoms in total. The van der Waals surface area contributed by atoms with Crippen molar-refractivity contribution in [2.24, 2.45) is 0 Å². The van der Waals surface area contributed by atoms with Gasteiger partial charge in [0.2, 0.25) is 5.91 Å². The summed E-state index contributed by atoms with van der Waals surface area (Å²) < 4.78 is 1.92. The van der Waals surface area contributed by atoms with Gasteiger partial charge in [-0.2, -0.15) is 5.01 Å². The summed E-state index contributed by atoms with van der Waals surface area (Å²) in [5.74, 6) is -0.317. The van der Waals surface area contributed by atoms with Crippen molar-refractivity contribution in [2.75, 3.05) is 5.75 Å². The van der Waals surface area contributed by atoms with E-state index in [1.165, 1.54) is 11.8 Å². The summed E-state index contributed by atoms with van der Waals surface area (Å²) in [5.41, 5.74) is 1.80. The third-order valence-electron chi connectivity index (χ3n) is 4.89. The number of hydrogen-bond donors (Lipinski definition) is 2. The molecule has 1 atom stereocenters. The molecule has 4 rings (SSSR count). The van der Waals surface area contributed by atoms with Gasteiger partial charge < -0.3 is 9.88 Å². The van der Waals surface area contributed by atoms with Crippen molar-refractivity contribution in [3.63, 3.8) is 0 Å². The Hall–Kier alpha value is -3.18. The molecular formula is C20H20N6O3S2. The fourth-order valence-electron chi connectivity index (χ4n) is 3.26. The van der Waals surface area contributed by atoms with E-state index >= 15 is 0 Å². The Morgan fingerprint density at radius 3 is 2.65 bits per heavy atom. The minimum atomic E-state index is -1.24. The topological polar surface area (TPSA) is 109 Å². The van der Waals surface area contributed by atoms with Crippen molar-refractivity contribution < 1.29 is 14.4 Å². The molecule has 3 heterocycles. The van der Waals surface area contributed by atoms with E-state index in [-0.39, 0.29) is 5.75 Å². The lowest BCUT2D eigenvalue weighted by Crippen LogP contribution is -2.48. The van der Waals surface area contributed by atoms with Gasteiger partial charge in [0, 0.05) is 6.54 Å². The lowest BCUT2D eigenvalue weighted by atomic mass is 9.92. The molecule has 1 unspecified atom stereocenters. The van der Waals surface area contributed by atoms with Gasteiger partial charge in [0.1, 0.15) is 5.54 Å². The monoisotopic (exact) mass is 456 g/mol. The van der Waals surface area contributed by atoms with Crippen LogP contribution < -0.4 is 10.7 Å². The van der Waals surface area contributed by atoms with Gasteiger partial charge >= 0.3 is 6.03 Å². The Morgan fingerprint density at radius 2 is 1.97 bits per heavy atom. The van der Waals surface area contributed by atoms with Gasteiger partial charge in [-0.25, -0.2) is 4.79 Å². The fraction of sp³-hybridized carbons (Fsp3) is 0.250. The molecule has 0 saturated carbocycles. The smallest absolute Gasteiger partial charge is 0.318 e. The zero-order valence-electron chi connectivity index (χ0n) is 16.9. The number of urea groups is 1. The molecule has 0 radical (unpaired) electrons. The van der Waals surface area contributed by atoms with E-state index in [0.717, 1.165) is 15.7 Å². The molecule has 0 spiro atoms. The summed E-state index contributed by atoms with van der Waals surface area (Å²) in [7, 11) is 0. The van der Waals surface area contributed by atoms with Crippen molar-refractivity contribution in [2.45, 2.75) is 31.1 Å². The van der Waals surface area contributed by atoms with Crippen molar-refractivity contribution in [3.8, 4) is 10.7 Å². The van der Waals surface area contributed by atoms with E-state index in [0.29, 0.717) is 17.3 Å². The van der Waals surface area contributed by atoms with Gasteiger partial charge in [0.05, 0.1) is 10.6 Å². The molecule has 1 aromatic carbocycles. The normalized spacial score (nSPS) is 18.3. The second kappa shape index (κ2) is 8.52. The van der Waals surface area contributed by atoms with Crippen LogP contribution in [0.4, 0.5) is 4.79 Å². The molecular weight excluding hydrogens is 436 g/mol. The molecule has 31 heavy (non-hydrogen) atoms. The second-order valence-corrected chi connectivity index (χ2v) is 8.80. The summed E-state index contributed by atoms with van der Waals surface area (Å²) in [6, 6.07) is 12.1. The number of hydrazine groups is 1. The van der Waals surface area contributed by atoms with Crippen LogP contribution in [0.25, 0.3) is 10.7 Å². The summed E-state index contributed by atoms with van der Waals surface area (Å²) in [6.07, 6.45) is 0. The number of rotatable bonds is 7. The van der Waals surface area contributed by atoms with Crippen LogP contribution in [0, 0.1) is 0 Å². The molecule has 0 bridgehead atoms. The summed E-state index contributed by atoms with van der Waals surface area (Å²) in [4.78, 5) is 38.7. The molecule has 1 aliphatic rings. The van der Waals surface area contributed by atoms with Crippen molar-refractivity contribution >= 4 is 40.9 Å². The molecule has 0 aliphatic carbocycles. The Morgan fingerprint density at radius 1 is 1.19 bits per heavy atom. The molecule has 2 aromatic heterocycles. The predicted molar refractivity (Wildman–Crippen MR) is 117 cm³/mol. The molecule has 160 valence electrons. The number of benzene rings is 1. The Bertz CT molecular complexity index is 1120. The minimum absolute atomic E-state index is 0.0261. The number of amides is 4. The van der Waals surface area contributed by atoms with Crippen molar-refractivity contribution in [3.05, 3.63) is 53.4 Å². The first-order chi connectivity index (χ1) is 14.9. The number of hydrogen-bond acceptors (Lipinski definition) is 7. The number of thioether (sulfide) groups is 1. The van der Waals surface area contributed by atoms with Crippen LogP contribution in [-0.2, 0) is 21.7 Å². The average Bonchev–Trinajstić information content (AvgIpc) is 3.49. The summed E-state index contributed by atoms with van der Waals surface area (Å²) >= 11 is 2.75. The third-order valence-corrected chi connectivity index (χ3v) is 6.72. The van der Waals surface area contributed by atoms with Crippen LogP contribution in [-0.4, -0.2) is 43.4 Å². The SMILES string of the molecule is CCn1c(SCC(=O)NN2C(=O)NC(C)(c3ccccc3)C2=O)nnc1-c1cccs1. The molecule has 4 amide bonds. The van der Waals surface area contributed by atoms with Crippen LogP contribution in [0.1, 0.15) is 19.4 Å². The highest BCUT2D eigenvalue weighted by molar-refractivity contribution is 7.99. The predicted octanol–water partition coefficient (Wildman–Crippen LogP) is 2.62. The molecule has 1 saturated heterocycles. The zero-order valence-corrected chi connectivity index (χ0v) is 18.5. The molecule has 1 aliphatic heterocycles. The van der Waals surface area contributed by atoms with Crippen molar-refractivity contribution in [1.82, 2.24) is 30.5 Å². The number of carbonyl (C=O) groups is 3. The number of nitrogens with zero attached hydrogens (tertiary/aromatic N) is 4. The second-order valence-electron chi connectivity index (χ2n) is 6.91. The maximum absolute atomic E-state index is 12.9. The number of thiophene rings is 1. The van der Waals surface area contributed by atoms with E-state index in [1.54, 1.807) is 42.5 Å². The minimum Gasteiger partial charge on any atom is -0.318 e. The van der Waals surface area contributed by atoms with Gasteiger partial charge in [-0.15, -0.1) is 21.5 Å². The highest BCUT2D eigenvalue weighted by Crippen LogP contribution is 2.29. The Balaban J connectivity index is 1.42. The molecule has 2 N–H and O–H groups in total. The Labute approximate surface area is 186 Å². The highest BCUT2D eigenvalue weighted by atomic mass is 32.2. The first kappa shape index (κ1) is 21.1. The van der Waals surface area contributed by atoms with Gasteiger partial charge in [0.25, 0.3) is 5.91 Å². The lowest BCUT2D eigenvalue weighted by Gasteiger charge is -2.22. The standard InChI is InChI=1S/C20H20N6O3S2/c1-3-25-16(14-10-7-11-30-14)22-23-19(25)31-12-15(27)24-26-17(28)20(2,21-18(26)29)13-8-5-4-6-9-13/h4-11H,3,12H2,1-2H3,(H,21,29)(H,24,27). The Kier molecular flexibility index (Phi) is 5.79. The summed E-state index contributed by atoms with van der Waals surface area (Å²) in [5, 5.41) is 14.4. The van der Waals surface area contributed by atoms with Crippen LogP contribution in [0.2, 0.25) is 0 Å². The van der Waals surface area contributed by atoms with Crippen LogP contribution in [0.3, 0.4) is 0 Å². The number of carbonyl (C=O) groups excluding carboxylic acids is 3. The first-order valence-electron chi connectivity index (χ1n) is 9.55. The fourth-order valence-corrected chi connectivity index (χ4v) is 4.78. The maximum atomic E-state index is 12.9. The van der Waals surface area contributed by atoms with E-state index < -0.39 is 23.4 Å². The van der Waals surface area contributed by atoms with E-state index in [1.807, 2.05) is 35.1 Å². The van der Waals surface area contributed by atoms with E-state index in [2.05, 4.69) is 20.9 Å².